The van der Waals surface area contributed by atoms with Crippen LogP contribution in [0.2, 0.25) is 0 Å². The van der Waals surface area contributed by atoms with Gasteiger partial charge >= 0.3 is 0 Å². The van der Waals surface area contributed by atoms with Crippen molar-refractivity contribution in [3.8, 4) is 0 Å². The minimum Gasteiger partial charge on any atom is -0.345 e. The van der Waals surface area contributed by atoms with Gasteiger partial charge in [0.25, 0.3) is 0 Å². The monoisotopic (exact) mass is 205 g/mol. The van der Waals surface area contributed by atoms with Crippen LogP contribution in [0, 0.1) is 12.7 Å². The van der Waals surface area contributed by atoms with E-state index in [1.165, 1.54) is 24.6 Å². The van der Waals surface area contributed by atoms with Crippen molar-refractivity contribution in [3.63, 3.8) is 0 Å². The van der Waals surface area contributed by atoms with E-state index in [4.69, 9.17) is 0 Å². The van der Waals surface area contributed by atoms with E-state index in [2.05, 4.69) is 18.4 Å². The zero-order chi connectivity index (χ0) is 10.8. The first-order chi connectivity index (χ1) is 7.22. The lowest BCUT2D eigenvalue weighted by atomic mass is 10.2. The predicted molar refractivity (Wildman–Crippen MR) is 61.5 cm³/mol. The first-order valence-electron chi connectivity index (χ1n) is 5.47. The van der Waals surface area contributed by atoms with Crippen molar-refractivity contribution in [2.75, 3.05) is 0 Å². The standard InChI is InChI=1S/C13H16FN/c1-3-4-7-15-10(2)8-11-9-12(14)5-6-13(11)15/h5-6,8-9H,3-4,7H2,1-2H3. The van der Waals surface area contributed by atoms with Gasteiger partial charge in [-0.05, 0) is 37.6 Å². The van der Waals surface area contributed by atoms with E-state index in [-0.39, 0.29) is 5.82 Å². The first-order valence-corrected chi connectivity index (χ1v) is 5.47. The van der Waals surface area contributed by atoms with Gasteiger partial charge in [0, 0.05) is 23.1 Å². The van der Waals surface area contributed by atoms with Crippen LogP contribution in [0.5, 0.6) is 0 Å². The molecule has 0 spiro atoms. The highest BCUT2D eigenvalue weighted by molar-refractivity contribution is 5.81. The van der Waals surface area contributed by atoms with Crippen molar-refractivity contribution in [3.05, 3.63) is 35.8 Å². The van der Waals surface area contributed by atoms with Crippen molar-refractivity contribution in [2.24, 2.45) is 0 Å². The number of nitrogens with zero attached hydrogens (tertiary/aromatic N) is 1. The van der Waals surface area contributed by atoms with Gasteiger partial charge in [0.2, 0.25) is 0 Å². The molecule has 2 aromatic rings. The van der Waals surface area contributed by atoms with E-state index in [0.29, 0.717) is 0 Å². The summed E-state index contributed by atoms with van der Waals surface area (Å²) in [6.45, 7) is 5.28. The quantitative estimate of drug-likeness (QED) is 0.716. The lowest BCUT2D eigenvalue weighted by Gasteiger charge is -2.06. The summed E-state index contributed by atoms with van der Waals surface area (Å²) in [4.78, 5) is 0. The van der Waals surface area contributed by atoms with Gasteiger partial charge in [-0.1, -0.05) is 13.3 Å². The number of unbranched alkanes of at least 4 members (excludes halogenated alkanes) is 1. The number of rotatable bonds is 3. The Morgan fingerprint density at radius 1 is 1.27 bits per heavy atom. The Kier molecular flexibility index (Phi) is 2.76. The van der Waals surface area contributed by atoms with Crippen molar-refractivity contribution in [1.82, 2.24) is 4.57 Å². The molecule has 2 rings (SSSR count). The van der Waals surface area contributed by atoms with Gasteiger partial charge in [-0.3, -0.25) is 0 Å². The molecule has 2 heteroatoms. The SMILES string of the molecule is CCCCn1c(C)cc2cc(F)ccc21. The molecule has 0 amide bonds. The minimum atomic E-state index is -0.157. The summed E-state index contributed by atoms with van der Waals surface area (Å²) in [5.41, 5.74) is 2.35. The highest BCUT2D eigenvalue weighted by Gasteiger charge is 2.05. The molecule has 1 nitrogen and oxygen atoms in total. The fourth-order valence-electron chi connectivity index (χ4n) is 1.99. The van der Waals surface area contributed by atoms with E-state index in [1.807, 2.05) is 12.1 Å². The second-order valence-corrected chi connectivity index (χ2v) is 3.99. The highest BCUT2D eigenvalue weighted by atomic mass is 19.1. The summed E-state index contributed by atoms with van der Waals surface area (Å²) < 4.78 is 15.3. The fraction of sp³-hybridized carbons (Fsp3) is 0.385. The van der Waals surface area contributed by atoms with Crippen LogP contribution < -0.4 is 0 Å². The molecule has 1 heterocycles. The molecule has 0 saturated carbocycles. The second kappa shape index (κ2) is 4.05. The highest BCUT2D eigenvalue weighted by Crippen LogP contribution is 2.21. The summed E-state index contributed by atoms with van der Waals surface area (Å²) in [5.74, 6) is -0.157. The van der Waals surface area contributed by atoms with Crippen LogP contribution in [0.1, 0.15) is 25.5 Å². The van der Waals surface area contributed by atoms with Gasteiger partial charge in [0.05, 0.1) is 0 Å². The summed E-state index contributed by atoms with van der Waals surface area (Å²) in [6.07, 6.45) is 2.35. The Morgan fingerprint density at radius 2 is 2.07 bits per heavy atom. The van der Waals surface area contributed by atoms with Crippen molar-refractivity contribution < 1.29 is 4.39 Å². The maximum absolute atomic E-state index is 13.0. The molecule has 0 fully saturated rings. The lowest BCUT2D eigenvalue weighted by molar-refractivity contribution is 0.626. The van der Waals surface area contributed by atoms with Crippen LogP contribution in [-0.4, -0.2) is 4.57 Å². The Bertz CT molecular complexity index is 471. The van der Waals surface area contributed by atoms with Crippen LogP contribution in [0.25, 0.3) is 10.9 Å². The van der Waals surface area contributed by atoms with Crippen LogP contribution >= 0.6 is 0 Å². The minimum absolute atomic E-state index is 0.157. The number of benzene rings is 1. The molecule has 0 bridgehead atoms. The summed E-state index contributed by atoms with van der Waals surface area (Å²) in [5, 5.41) is 1.00. The van der Waals surface area contributed by atoms with E-state index in [1.54, 1.807) is 6.07 Å². The van der Waals surface area contributed by atoms with Gasteiger partial charge < -0.3 is 4.57 Å². The second-order valence-electron chi connectivity index (χ2n) is 3.99. The molecule has 80 valence electrons. The Morgan fingerprint density at radius 3 is 2.80 bits per heavy atom. The van der Waals surface area contributed by atoms with E-state index in [0.717, 1.165) is 17.4 Å². The molecule has 1 aromatic heterocycles. The molecule has 0 N–H and O–H groups in total. The third-order valence-electron chi connectivity index (χ3n) is 2.81. The number of aryl methyl sites for hydroxylation is 2. The zero-order valence-electron chi connectivity index (χ0n) is 9.26. The Hall–Kier alpha value is -1.31. The number of halogens is 1. The molecule has 0 saturated heterocycles. The van der Waals surface area contributed by atoms with Gasteiger partial charge in [-0.25, -0.2) is 4.39 Å². The third kappa shape index (κ3) is 1.89. The van der Waals surface area contributed by atoms with Crippen LogP contribution in [0.4, 0.5) is 4.39 Å². The summed E-state index contributed by atoms with van der Waals surface area (Å²) in [7, 11) is 0. The van der Waals surface area contributed by atoms with Crippen molar-refractivity contribution in [2.45, 2.75) is 33.2 Å². The average molecular weight is 205 g/mol. The van der Waals surface area contributed by atoms with E-state index in [9.17, 15) is 4.39 Å². The number of aromatic nitrogens is 1. The molecular weight excluding hydrogens is 189 g/mol. The molecule has 15 heavy (non-hydrogen) atoms. The summed E-state index contributed by atoms with van der Waals surface area (Å²) >= 11 is 0. The topological polar surface area (TPSA) is 4.93 Å². The first kappa shape index (κ1) is 10.2. The van der Waals surface area contributed by atoms with Gasteiger partial charge in [0.15, 0.2) is 0 Å². The maximum Gasteiger partial charge on any atom is 0.123 e. The Balaban J connectivity index is 2.48. The van der Waals surface area contributed by atoms with Crippen LogP contribution in [0.3, 0.4) is 0 Å². The zero-order valence-corrected chi connectivity index (χ0v) is 9.26. The Labute approximate surface area is 89.5 Å². The molecular formula is C13H16FN. The van der Waals surface area contributed by atoms with Crippen molar-refractivity contribution in [1.29, 1.82) is 0 Å². The lowest BCUT2D eigenvalue weighted by Crippen LogP contribution is -1.99. The van der Waals surface area contributed by atoms with Crippen molar-refractivity contribution >= 4 is 10.9 Å². The van der Waals surface area contributed by atoms with Gasteiger partial charge in [-0.2, -0.15) is 0 Å². The molecule has 0 aliphatic carbocycles. The fourth-order valence-corrected chi connectivity index (χ4v) is 1.99. The normalized spacial score (nSPS) is 11.1. The van der Waals surface area contributed by atoms with Crippen LogP contribution in [-0.2, 0) is 6.54 Å². The van der Waals surface area contributed by atoms with Gasteiger partial charge in [-0.15, -0.1) is 0 Å². The third-order valence-corrected chi connectivity index (χ3v) is 2.81. The average Bonchev–Trinajstić information content (AvgIpc) is 2.50. The van der Waals surface area contributed by atoms with Gasteiger partial charge in [0.1, 0.15) is 5.82 Å². The van der Waals surface area contributed by atoms with E-state index >= 15 is 0 Å². The number of fused-ring (bicyclic) bond motifs is 1. The molecule has 0 radical (unpaired) electrons. The molecule has 0 atom stereocenters. The predicted octanol–water partition coefficient (Wildman–Crippen LogP) is 3.89. The van der Waals surface area contributed by atoms with E-state index < -0.39 is 0 Å². The number of hydrogen-bond donors (Lipinski definition) is 0. The largest absolute Gasteiger partial charge is 0.345 e. The molecule has 1 aromatic carbocycles. The number of hydrogen-bond acceptors (Lipinski definition) is 0. The summed E-state index contributed by atoms with van der Waals surface area (Å²) in [6, 6.07) is 7.05. The molecule has 0 unspecified atom stereocenters. The smallest absolute Gasteiger partial charge is 0.123 e. The van der Waals surface area contributed by atoms with Crippen LogP contribution in [0.15, 0.2) is 24.3 Å². The molecule has 0 aliphatic rings. The maximum atomic E-state index is 13.0. The molecule has 0 aliphatic heterocycles.